The van der Waals surface area contributed by atoms with E-state index in [0.717, 1.165) is 47.4 Å². The molecule has 8 heteroatoms. The third-order valence-electron chi connectivity index (χ3n) is 5.84. The first-order valence-electron chi connectivity index (χ1n) is 10.9. The van der Waals surface area contributed by atoms with Gasteiger partial charge in [0.25, 0.3) is 0 Å². The van der Waals surface area contributed by atoms with E-state index in [2.05, 4.69) is 45.1 Å². The minimum Gasteiger partial charge on any atom is -0.341 e. The van der Waals surface area contributed by atoms with Gasteiger partial charge in [0.05, 0.1) is 27.5 Å². The predicted molar refractivity (Wildman–Crippen MR) is 129 cm³/mol. The lowest BCUT2D eigenvalue weighted by molar-refractivity contribution is -0.129. The monoisotopic (exact) mass is 463 g/mol. The van der Waals surface area contributed by atoms with Crippen molar-refractivity contribution in [2.24, 2.45) is 0 Å². The average Bonchev–Trinajstić information content (AvgIpc) is 3.42. The van der Waals surface area contributed by atoms with Gasteiger partial charge in [-0.1, -0.05) is 54.2 Å². The first kappa shape index (κ1) is 21.2. The lowest BCUT2D eigenvalue weighted by atomic mass is 9.99. The standard InChI is InChI=1S/C24H25N5OS2/c1-17-26-27-24(29(17)14-18-8-3-2-4-9-18)31-16-22(30)28-13-7-10-19(15-28)23-25-20-11-5-6-12-21(20)32-23/h2-6,8-9,11-12,19H,7,10,13-16H2,1H3/t19-/m0/s1. The van der Waals surface area contributed by atoms with E-state index < -0.39 is 0 Å². The number of fused-ring (bicyclic) bond motifs is 1. The molecule has 0 spiro atoms. The van der Waals surface area contributed by atoms with Crippen molar-refractivity contribution in [3.05, 3.63) is 71.0 Å². The number of nitrogens with zero attached hydrogens (tertiary/aromatic N) is 5. The second-order valence-corrected chi connectivity index (χ2v) is 10.1. The Morgan fingerprint density at radius 1 is 1.12 bits per heavy atom. The molecule has 0 radical (unpaired) electrons. The molecule has 0 N–H and O–H groups in total. The van der Waals surface area contributed by atoms with Gasteiger partial charge in [-0.2, -0.15) is 0 Å². The second kappa shape index (κ2) is 9.42. The molecule has 3 heterocycles. The van der Waals surface area contributed by atoms with Crippen molar-refractivity contribution < 1.29 is 4.79 Å². The summed E-state index contributed by atoms with van der Waals surface area (Å²) in [6, 6.07) is 18.5. The van der Waals surface area contributed by atoms with Crippen molar-refractivity contribution in [2.45, 2.75) is 37.4 Å². The molecule has 1 fully saturated rings. The number of amides is 1. The van der Waals surface area contributed by atoms with Gasteiger partial charge in [-0.25, -0.2) is 4.98 Å². The molecule has 2 aromatic heterocycles. The van der Waals surface area contributed by atoms with Crippen LogP contribution in [0.1, 0.15) is 35.2 Å². The van der Waals surface area contributed by atoms with Crippen molar-refractivity contribution in [3.8, 4) is 0 Å². The van der Waals surface area contributed by atoms with Crippen LogP contribution < -0.4 is 0 Å². The summed E-state index contributed by atoms with van der Waals surface area (Å²) < 4.78 is 3.29. The van der Waals surface area contributed by atoms with E-state index >= 15 is 0 Å². The Morgan fingerprint density at radius 2 is 1.94 bits per heavy atom. The van der Waals surface area contributed by atoms with E-state index in [4.69, 9.17) is 4.98 Å². The van der Waals surface area contributed by atoms with E-state index in [1.54, 1.807) is 11.3 Å². The van der Waals surface area contributed by atoms with Crippen LogP contribution in [0.4, 0.5) is 0 Å². The molecule has 1 aliphatic rings. The van der Waals surface area contributed by atoms with Gasteiger partial charge in [0.15, 0.2) is 5.16 Å². The van der Waals surface area contributed by atoms with Crippen LogP contribution in [0.2, 0.25) is 0 Å². The number of thiazole rings is 1. The SMILES string of the molecule is Cc1nnc(SCC(=O)N2CCC[C@H](c3nc4ccccc4s3)C2)n1Cc1ccccc1. The highest BCUT2D eigenvalue weighted by molar-refractivity contribution is 7.99. The van der Waals surface area contributed by atoms with Crippen molar-refractivity contribution in [3.63, 3.8) is 0 Å². The summed E-state index contributed by atoms with van der Waals surface area (Å²) in [5.41, 5.74) is 2.25. The molecule has 0 saturated carbocycles. The normalized spacial score (nSPS) is 16.5. The molecule has 2 aromatic carbocycles. The van der Waals surface area contributed by atoms with Crippen molar-refractivity contribution >= 4 is 39.2 Å². The van der Waals surface area contributed by atoms with Crippen LogP contribution in [-0.4, -0.2) is 49.4 Å². The lowest BCUT2D eigenvalue weighted by Gasteiger charge is -2.31. The second-order valence-electron chi connectivity index (χ2n) is 8.09. The third kappa shape index (κ3) is 4.56. The zero-order valence-corrected chi connectivity index (χ0v) is 19.6. The molecule has 1 atom stereocenters. The zero-order valence-electron chi connectivity index (χ0n) is 18.0. The molecule has 32 heavy (non-hydrogen) atoms. The zero-order chi connectivity index (χ0) is 21.9. The maximum atomic E-state index is 13.0. The molecule has 1 saturated heterocycles. The van der Waals surface area contributed by atoms with Crippen LogP contribution in [0.3, 0.4) is 0 Å². The number of benzene rings is 2. The summed E-state index contributed by atoms with van der Waals surface area (Å²) in [7, 11) is 0. The smallest absolute Gasteiger partial charge is 0.233 e. The molecule has 0 bridgehead atoms. The minimum atomic E-state index is 0.160. The predicted octanol–water partition coefficient (Wildman–Crippen LogP) is 4.74. The summed E-state index contributed by atoms with van der Waals surface area (Å²) in [6.45, 7) is 4.22. The number of aryl methyl sites for hydroxylation is 1. The van der Waals surface area contributed by atoms with Gasteiger partial charge in [0.2, 0.25) is 5.91 Å². The van der Waals surface area contributed by atoms with E-state index in [9.17, 15) is 4.79 Å². The molecule has 0 aliphatic carbocycles. The van der Waals surface area contributed by atoms with Crippen LogP contribution >= 0.6 is 23.1 Å². The number of likely N-dealkylation sites (tertiary alicyclic amines) is 1. The molecular formula is C24H25N5OS2. The third-order valence-corrected chi connectivity index (χ3v) is 7.99. The summed E-state index contributed by atoms with van der Waals surface area (Å²) in [6.07, 6.45) is 2.10. The van der Waals surface area contributed by atoms with Gasteiger partial charge in [-0.05, 0) is 37.5 Å². The number of para-hydroxylation sites is 1. The van der Waals surface area contributed by atoms with Gasteiger partial charge < -0.3 is 9.47 Å². The van der Waals surface area contributed by atoms with Gasteiger partial charge >= 0.3 is 0 Å². The van der Waals surface area contributed by atoms with E-state index in [1.165, 1.54) is 22.0 Å². The number of aromatic nitrogens is 4. The number of rotatable bonds is 6. The quantitative estimate of drug-likeness (QED) is 0.386. The Hall–Kier alpha value is -2.71. The Bertz CT molecular complexity index is 1190. The molecular weight excluding hydrogens is 438 g/mol. The Morgan fingerprint density at radius 3 is 2.78 bits per heavy atom. The minimum absolute atomic E-state index is 0.160. The molecule has 4 aromatic rings. The highest BCUT2D eigenvalue weighted by Gasteiger charge is 2.27. The van der Waals surface area contributed by atoms with Crippen LogP contribution in [0, 0.1) is 6.92 Å². The van der Waals surface area contributed by atoms with Gasteiger partial charge in [0, 0.05) is 19.0 Å². The van der Waals surface area contributed by atoms with E-state index in [-0.39, 0.29) is 5.91 Å². The lowest BCUT2D eigenvalue weighted by Crippen LogP contribution is -2.40. The van der Waals surface area contributed by atoms with E-state index in [0.29, 0.717) is 18.2 Å². The number of hydrogen-bond donors (Lipinski definition) is 0. The Balaban J connectivity index is 1.23. The largest absolute Gasteiger partial charge is 0.341 e. The molecule has 164 valence electrons. The fourth-order valence-electron chi connectivity index (χ4n) is 4.10. The number of thioether (sulfide) groups is 1. The summed E-state index contributed by atoms with van der Waals surface area (Å²) in [4.78, 5) is 19.9. The van der Waals surface area contributed by atoms with Crippen LogP contribution in [-0.2, 0) is 11.3 Å². The highest BCUT2D eigenvalue weighted by atomic mass is 32.2. The highest BCUT2D eigenvalue weighted by Crippen LogP contribution is 2.33. The molecule has 1 aliphatic heterocycles. The van der Waals surface area contributed by atoms with Crippen molar-refractivity contribution in [1.29, 1.82) is 0 Å². The number of carbonyl (C=O) groups is 1. The summed E-state index contributed by atoms with van der Waals surface area (Å²) >= 11 is 3.23. The first-order valence-corrected chi connectivity index (χ1v) is 12.7. The van der Waals surface area contributed by atoms with Gasteiger partial charge in [-0.15, -0.1) is 21.5 Å². The number of hydrogen-bond acceptors (Lipinski definition) is 6. The van der Waals surface area contributed by atoms with Gasteiger partial charge in [-0.3, -0.25) is 4.79 Å². The number of piperidine rings is 1. The van der Waals surface area contributed by atoms with Crippen molar-refractivity contribution in [2.75, 3.05) is 18.8 Å². The first-order chi connectivity index (χ1) is 15.7. The van der Waals surface area contributed by atoms with Crippen LogP contribution in [0.15, 0.2) is 59.8 Å². The fraction of sp³-hybridized carbons (Fsp3) is 0.333. The molecule has 0 unspecified atom stereocenters. The topological polar surface area (TPSA) is 63.9 Å². The van der Waals surface area contributed by atoms with Crippen LogP contribution in [0.5, 0.6) is 0 Å². The Labute approximate surface area is 195 Å². The molecule has 1 amide bonds. The summed E-state index contributed by atoms with van der Waals surface area (Å²) in [5, 5.41) is 10.5. The number of carbonyl (C=O) groups excluding carboxylic acids is 1. The summed E-state index contributed by atoms with van der Waals surface area (Å²) in [5.74, 6) is 1.71. The van der Waals surface area contributed by atoms with E-state index in [1.807, 2.05) is 36.1 Å². The fourth-order valence-corrected chi connectivity index (χ4v) is 6.08. The maximum absolute atomic E-state index is 13.0. The van der Waals surface area contributed by atoms with Crippen molar-refractivity contribution in [1.82, 2.24) is 24.6 Å². The molecule has 6 nitrogen and oxygen atoms in total. The maximum Gasteiger partial charge on any atom is 0.233 e. The molecule has 5 rings (SSSR count). The van der Waals surface area contributed by atoms with Crippen LogP contribution in [0.25, 0.3) is 10.2 Å². The average molecular weight is 464 g/mol. The Kier molecular flexibility index (Phi) is 6.23. The van der Waals surface area contributed by atoms with Gasteiger partial charge in [0.1, 0.15) is 5.82 Å².